The molecule has 26 heavy (non-hydrogen) atoms. The van der Waals surface area contributed by atoms with E-state index in [9.17, 15) is 25.5 Å². The number of rotatable bonds is 2. The van der Waals surface area contributed by atoms with Crippen molar-refractivity contribution in [2.24, 2.45) is 22.7 Å². The molecule has 8 atom stereocenters. The SMILES string of the molecule is C[C@]12C[C@@H](O)[C@@H]3C(=CC=C4C[C@@H](O)CC[C@]43C)[C@@H]1CC[C@]2(O)[C@@H](O)CO. The van der Waals surface area contributed by atoms with Crippen molar-refractivity contribution in [3.63, 3.8) is 0 Å². The van der Waals surface area contributed by atoms with E-state index in [1.165, 1.54) is 11.1 Å². The van der Waals surface area contributed by atoms with Crippen molar-refractivity contribution in [3.05, 3.63) is 23.3 Å². The summed E-state index contributed by atoms with van der Waals surface area (Å²) in [5.41, 5.74) is 0.200. The Morgan fingerprint density at radius 3 is 2.58 bits per heavy atom. The first-order chi connectivity index (χ1) is 12.2. The van der Waals surface area contributed by atoms with Gasteiger partial charge in [0.2, 0.25) is 0 Å². The van der Waals surface area contributed by atoms with Gasteiger partial charge >= 0.3 is 0 Å². The van der Waals surface area contributed by atoms with Crippen LogP contribution in [0.2, 0.25) is 0 Å². The molecular weight excluding hydrogens is 332 g/mol. The Bertz CT molecular complexity index is 657. The minimum Gasteiger partial charge on any atom is -0.394 e. The van der Waals surface area contributed by atoms with Crippen LogP contribution < -0.4 is 0 Å². The molecule has 0 heterocycles. The van der Waals surface area contributed by atoms with Gasteiger partial charge in [0.05, 0.1) is 24.4 Å². The molecule has 0 aromatic carbocycles. The van der Waals surface area contributed by atoms with E-state index < -0.39 is 29.8 Å². The minimum atomic E-state index is -1.38. The fraction of sp³-hybridized carbons (Fsp3) is 0.810. The van der Waals surface area contributed by atoms with E-state index in [-0.39, 0.29) is 23.4 Å². The van der Waals surface area contributed by atoms with Crippen molar-refractivity contribution >= 4 is 0 Å². The zero-order valence-corrected chi connectivity index (χ0v) is 15.7. The Balaban J connectivity index is 1.77. The standard InChI is InChI=1S/C21H32O5/c1-19-7-5-13(23)9-12(19)3-4-14-15-6-8-21(26,17(25)11-22)20(15,2)10-16(24)18(14)19/h3-4,13,15-18,22-26H,5-11H2,1-2H3/t13-,15-,16+,17-,18-,19+,20-,21-/m0/s1. The van der Waals surface area contributed by atoms with E-state index in [2.05, 4.69) is 19.1 Å². The summed E-state index contributed by atoms with van der Waals surface area (Å²) in [5, 5.41) is 52.3. The van der Waals surface area contributed by atoms with Crippen LogP contribution in [0.4, 0.5) is 0 Å². The molecule has 0 radical (unpaired) electrons. The average Bonchev–Trinajstić information content (AvgIpc) is 2.86. The molecule has 0 bridgehead atoms. The Hall–Kier alpha value is -0.720. The summed E-state index contributed by atoms with van der Waals surface area (Å²) in [5.74, 6) is 0.0882. The van der Waals surface area contributed by atoms with Gasteiger partial charge in [0.1, 0.15) is 6.10 Å². The van der Waals surface area contributed by atoms with Gasteiger partial charge in [0.15, 0.2) is 0 Å². The van der Waals surface area contributed by atoms with Gasteiger partial charge in [-0.2, -0.15) is 0 Å². The van der Waals surface area contributed by atoms with Gasteiger partial charge in [0.25, 0.3) is 0 Å². The second kappa shape index (κ2) is 5.89. The number of hydrogen-bond acceptors (Lipinski definition) is 5. The van der Waals surface area contributed by atoms with Gasteiger partial charge in [-0.3, -0.25) is 0 Å². The fourth-order valence-corrected chi connectivity index (χ4v) is 6.85. The molecule has 4 aliphatic carbocycles. The molecule has 0 aromatic heterocycles. The second-order valence-corrected chi connectivity index (χ2v) is 9.55. The van der Waals surface area contributed by atoms with Crippen molar-refractivity contribution in [3.8, 4) is 0 Å². The molecule has 0 amide bonds. The highest BCUT2D eigenvalue weighted by Gasteiger charge is 2.66. The van der Waals surface area contributed by atoms with E-state index in [1.807, 2.05) is 6.92 Å². The van der Waals surface area contributed by atoms with Crippen LogP contribution in [-0.4, -0.2) is 56.1 Å². The highest BCUT2D eigenvalue weighted by atomic mass is 16.4. The molecule has 0 unspecified atom stereocenters. The zero-order chi connectivity index (χ0) is 18.9. The summed E-state index contributed by atoms with van der Waals surface area (Å²) in [6.45, 7) is 3.69. The molecular formula is C21H32O5. The maximum Gasteiger partial charge on any atom is 0.106 e. The highest BCUT2D eigenvalue weighted by molar-refractivity contribution is 5.41. The van der Waals surface area contributed by atoms with Crippen LogP contribution >= 0.6 is 0 Å². The normalized spacial score (nSPS) is 51.7. The lowest BCUT2D eigenvalue weighted by Crippen LogP contribution is -2.60. The topological polar surface area (TPSA) is 101 Å². The van der Waals surface area contributed by atoms with Crippen molar-refractivity contribution in [1.29, 1.82) is 0 Å². The zero-order valence-electron chi connectivity index (χ0n) is 15.7. The van der Waals surface area contributed by atoms with Gasteiger partial charge in [-0.25, -0.2) is 0 Å². The van der Waals surface area contributed by atoms with Crippen LogP contribution in [0, 0.1) is 22.7 Å². The Morgan fingerprint density at radius 2 is 1.88 bits per heavy atom. The van der Waals surface area contributed by atoms with Gasteiger partial charge < -0.3 is 25.5 Å². The lowest BCUT2D eigenvalue weighted by atomic mass is 9.48. The monoisotopic (exact) mass is 364 g/mol. The molecule has 0 saturated heterocycles. The summed E-state index contributed by atoms with van der Waals surface area (Å²) in [7, 11) is 0. The van der Waals surface area contributed by atoms with E-state index >= 15 is 0 Å². The van der Waals surface area contributed by atoms with Crippen LogP contribution in [0.3, 0.4) is 0 Å². The minimum absolute atomic E-state index is 0.00157. The molecule has 0 aliphatic heterocycles. The summed E-state index contributed by atoms with van der Waals surface area (Å²) < 4.78 is 0. The molecule has 5 N–H and O–H groups in total. The third-order valence-corrected chi connectivity index (χ3v) is 8.43. The summed E-state index contributed by atoms with van der Waals surface area (Å²) >= 11 is 0. The van der Waals surface area contributed by atoms with Gasteiger partial charge in [-0.15, -0.1) is 0 Å². The number of fused-ring (bicyclic) bond motifs is 5. The molecule has 0 aromatic rings. The smallest absolute Gasteiger partial charge is 0.106 e. The van der Waals surface area contributed by atoms with Crippen LogP contribution in [0.1, 0.15) is 52.4 Å². The van der Waals surface area contributed by atoms with Crippen LogP contribution in [0.5, 0.6) is 0 Å². The molecule has 4 rings (SSSR count). The Labute approximate surface area is 155 Å². The lowest BCUT2D eigenvalue weighted by Gasteiger charge is -2.58. The largest absolute Gasteiger partial charge is 0.394 e. The van der Waals surface area contributed by atoms with E-state index in [4.69, 9.17) is 0 Å². The van der Waals surface area contributed by atoms with Gasteiger partial charge in [0, 0.05) is 11.3 Å². The molecule has 5 heteroatoms. The van der Waals surface area contributed by atoms with Crippen molar-refractivity contribution in [1.82, 2.24) is 0 Å². The predicted molar refractivity (Wildman–Crippen MR) is 97.1 cm³/mol. The van der Waals surface area contributed by atoms with Gasteiger partial charge in [-0.05, 0) is 49.9 Å². The average molecular weight is 364 g/mol. The van der Waals surface area contributed by atoms with Crippen LogP contribution in [0.15, 0.2) is 23.3 Å². The van der Waals surface area contributed by atoms with Gasteiger partial charge in [-0.1, -0.05) is 37.1 Å². The summed E-state index contributed by atoms with van der Waals surface area (Å²) in [6, 6.07) is 0. The highest BCUT2D eigenvalue weighted by Crippen LogP contribution is 2.66. The van der Waals surface area contributed by atoms with Crippen LogP contribution in [-0.2, 0) is 0 Å². The Morgan fingerprint density at radius 1 is 1.15 bits per heavy atom. The number of hydrogen-bond donors (Lipinski definition) is 5. The Kier molecular flexibility index (Phi) is 4.22. The number of aliphatic hydroxyl groups excluding tert-OH is 4. The number of aliphatic hydroxyl groups is 5. The van der Waals surface area contributed by atoms with Crippen molar-refractivity contribution in [2.45, 2.75) is 76.3 Å². The molecule has 0 spiro atoms. The molecule has 5 nitrogen and oxygen atoms in total. The first kappa shape index (κ1) is 18.6. The first-order valence-electron chi connectivity index (χ1n) is 9.96. The molecule has 3 fully saturated rings. The van der Waals surface area contributed by atoms with E-state index in [0.29, 0.717) is 19.3 Å². The second-order valence-electron chi connectivity index (χ2n) is 9.55. The lowest BCUT2D eigenvalue weighted by molar-refractivity contribution is -0.179. The van der Waals surface area contributed by atoms with Crippen molar-refractivity contribution in [2.75, 3.05) is 6.61 Å². The summed E-state index contributed by atoms with van der Waals surface area (Å²) in [4.78, 5) is 0. The maximum absolute atomic E-state index is 11.3. The molecule has 146 valence electrons. The molecule has 3 saturated carbocycles. The third kappa shape index (κ3) is 2.21. The molecule has 4 aliphatic rings. The quantitative estimate of drug-likeness (QED) is 0.508. The third-order valence-electron chi connectivity index (χ3n) is 8.43. The van der Waals surface area contributed by atoms with Crippen molar-refractivity contribution < 1.29 is 25.5 Å². The fourth-order valence-electron chi connectivity index (χ4n) is 6.85. The first-order valence-corrected chi connectivity index (χ1v) is 9.96. The van der Waals surface area contributed by atoms with Crippen LogP contribution in [0.25, 0.3) is 0 Å². The van der Waals surface area contributed by atoms with E-state index in [1.54, 1.807) is 0 Å². The number of allylic oxidation sites excluding steroid dienone is 2. The van der Waals surface area contributed by atoms with E-state index in [0.717, 1.165) is 19.3 Å². The summed E-state index contributed by atoms with van der Waals surface area (Å²) in [6.07, 6.45) is 5.97. The predicted octanol–water partition coefficient (Wildman–Crippen LogP) is 1.29. The maximum atomic E-state index is 11.3.